The molecule has 1 aromatic heterocycles. The maximum absolute atomic E-state index is 11.7. The normalized spacial score (nSPS) is 15.7. The van der Waals surface area contributed by atoms with Gasteiger partial charge in [-0.05, 0) is 31.6 Å². The molecule has 0 saturated heterocycles. The van der Waals surface area contributed by atoms with Crippen molar-refractivity contribution in [2.45, 2.75) is 19.5 Å². The molecule has 0 N–H and O–H groups in total. The molecular weight excluding hydrogens is 274 g/mol. The Morgan fingerprint density at radius 1 is 1.25 bits per heavy atom. The number of carbonyl (C=O) groups excluding carboxylic acids is 1. The fraction of sp³-hybridized carbons (Fsp3) is 0.333. The van der Waals surface area contributed by atoms with Crippen molar-refractivity contribution in [3.05, 3.63) is 41.7 Å². The van der Waals surface area contributed by atoms with Crippen LogP contribution in [0, 0.1) is 0 Å². The van der Waals surface area contributed by atoms with E-state index in [0.29, 0.717) is 12.2 Å². The molecule has 0 unspecified atom stereocenters. The van der Waals surface area contributed by atoms with Crippen molar-refractivity contribution < 1.29 is 4.79 Å². The zero-order valence-corrected chi connectivity index (χ0v) is 12.1. The van der Waals surface area contributed by atoms with Gasteiger partial charge in [0.25, 0.3) is 5.24 Å². The number of rotatable bonds is 2. The van der Waals surface area contributed by atoms with Crippen molar-refractivity contribution in [3.63, 3.8) is 0 Å². The van der Waals surface area contributed by atoms with Crippen molar-refractivity contribution in [2.75, 3.05) is 13.6 Å². The second-order valence-electron chi connectivity index (χ2n) is 5.11. The molecule has 104 valence electrons. The van der Waals surface area contributed by atoms with Crippen molar-refractivity contribution in [1.82, 2.24) is 14.5 Å². The molecule has 0 radical (unpaired) electrons. The van der Waals surface area contributed by atoms with Crippen LogP contribution in [0.3, 0.4) is 0 Å². The van der Waals surface area contributed by atoms with E-state index in [1.807, 2.05) is 37.4 Å². The number of carbonyl (C=O) groups is 1. The maximum atomic E-state index is 11.7. The predicted octanol–water partition coefficient (Wildman–Crippen LogP) is 2.76. The van der Waals surface area contributed by atoms with E-state index < -0.39 is 5.24 Å². The lowest BCUT2D eigenvalue weighted by atomic mass is 10.2. The minimum absolute atomic E-state index is 0.388. The van der Waals surface area contributed by atoms with E-state index in [2.05, 4.69) is 14.5 Å². The maximum Gasteiger partial charge on any atom is 0.272 e. The monoisotopic (exact) mass is 289 g/mol. The molecule has 2 heterocycles. The van der Waals surface area contributed by atoms with Gasteiger partial charge in [-0.15, -0.1) is 0 Å². The van der Waals surface area contributed by atoms with E-state index in [-0.39, 0.29) is 0 Å². The first-order valence-corrected chi connectivity index (χ1v) is 7.08. The van der Waals surface area contributed by atoms with Gasteiger partial charge in [-0.3, -0.25) is 4.79 Å². The summed E-state index contributed by atoms with van der Waals surface area (Å²) in [6, 6.07) is 9.93. The van der Waals surface area contributed by atoms with Gasteiger partial charge in [-0.25, -0.2) is 4.98 Å². The molecule has 1 aliphatic rings. The average molecular weight is 290 g/mol. The molecule has 4 nitrogen and oxygen atoms in total. The number of aromatic nitrogens is 2. The zero-order chi connectivity index (χ0) is 14.1. The van der Waals surface area contributed by atoms with Gasteiger partial charge in [0.1, 0.15) is 11.5 Å². The van der Waals surface area contributed by atoms with Crippen LogP contribution < -0.4 is 0 Å². The highest BCUT2D eigenvalue weighted by atomic mass is 35.5. The Morgan fingerprint density at radius 2 is 2.00 bits per heavy atom. The number of halogens is 1. The van der Waals surface area contributed by atoms with E-state index in [0.717, 1.165) is 36.6 Å². The Hall–Kier alpha value is -1.65. The van der Waals surface area contributed by atoms with E-state index in [1.54, 1.807) is 0 Å². The van der Waals surface area contributed by atoms with Crippen LogP contribution in [0.25, 0.3) is 11.4 Å². The summed E-state index contributed by atoms with van der Waals surface area (Å²) in [5, 5.41) is -0.480. The van der Waals surface area contributed by atoms with Crippen LogP contribution in [0.4, 0.5) is 0 Å². The summed E-state index contributed by atoms with van der Waals surface area (Å²) >= 11 is 5.71. The standard InChI is InChI=1S/C15H16ClN3O/c1-18-8-5-9-19-12(10-18)13(14(16)20)17-15(19)11-6-3-2-4-7-11/h2-4,6-7H,5,8-10H2,1H3. The molecule has 0 spiro atoms. The van der Waals surface area contributed by atoms with E-state index in [4.69, 9.17) is 11.6 Å². The molecule has 20 heavy (non-hydrogen) atoms. The van der Waals surface area contributed by atoms with E-state index in [1.165, 1.54) is 0 Å². The molecule has 1 aromatic carbocycles. The number of benzene rings is 1. The van der Waals surface area contributed by atoms with Crippen LogP contribution in [0.1, 0.15) is 22.6 Å². The molecule has 0 atom stereocenters. The van der Waals surface area contributed by atoms with Crippen LogP contribution in [-0.2, 0) is 13.1 Å². The summed E-state index contributed by atoms with van der Waals surface area (Å²) in [5.74, 6) is 0.833. The molecular formula is C15H16ClN3O. The van der Waals surface area contributed by atoms with Crippen molar-refractivity contribution in [2.24, 2.45) is 0 Å². The largest absolute Gasteiger partial charge is 0.326 e. The quantitative estimate of drug-likeness (QED) is 0.798. The topological polar surface area (TPSA) is 38.1 Å². The number of imidazole rings is 1. The van der Waals surface area contributed by atoms with Crippen molar-refractivity contribution >= 4 is 16.8 Å². The van der Waals surface area contributed by atoms with E-state index >= 15 is 0 Å². The number of nitrogens with zero attached hydrogens (tertiary/aromatic N) is 3. The minimum Gasteiger partial charge on any atom is -0.326 e. The summed E-state index contributed by atoms with van der Waals surface area (Å²) in [5.41, 5.74) is 2.32. The highest BCUT2D eigenvalue weighted by Crippen LogP contribution is 2.26. The van der Waals surface area contributed by atoms with Crippen LogP contribution in [-0.4, -0.2) is 33.3 Å². The van der Waals surface area contributed by atoms with Crippen molar-refractivity contribution in [1.29, 1.82) is 0 Å². The Balaban J connectivity index is 2.17. The Bertz CT molecular complexity index is 636. The van der Waals surface area contributed by atoms with Gasteiger partial charge in [0.2, 0.25) is 0 Å². The van der Waals surface area contributed by atoms with Crippen LogP contribution in [0.15, 0.2) is 30.3 Å². The summed E-state index contributed by atoms with van der Waals surface area (Å²) in [4.78, 5) is 18.3. The highest BCUT2D eigenvalue weighted by Gasteiger charge is 2.24. The third-order valence-corrected chi connectivity index (χ3v) is 3.81. The first-order chi connectivity index (χ1) is 9.66. The molecule has 0 fully saturated rings. The van der Waals surface area contributed by atoms with Crippen LogP contribution in [0.2, 0.25) is 0 Å². The van der Waals surface area contributed by atoms with Gasteiger partial charge < -0.3 is 9.47 Å². The summed E-state index contributed by atoms with van der Waals surface area (Å²) < 4.78 is 2.13. The molecule has 1 aliphatic heterocycles. The average Bonchev–Trinajstić information content (AvgIpc) is 2.68. The summed E-state index contributed by atoms with van der Waals surface area (Å²) in [6.45, 7) is 2.57. The zero-order valence-electron chi connectivity index (χ0n) is 11.3. The predicted molar refractivity (Wildman–Crippen MR) is 78.8 cm³/mol. The van der Waals surface area contributed by atoms with Gasteiger partial charge in [0, 0.05) is 18.7 Å². The molecule has 0 bridgehead atoms. The fourth-order valence-electron chi connectivity index (χ4n) is 2.69. The van der Waals surface area contributed by atoms with Gasteiger partial charge >= 0.3 is 0 Å². The van der Waals surface area contributed by atoms with Crippen LogP contribution in [0.5, 0.6) is 0 Å². The summed E-state index contributed by atoms with van der Waals surface area (Å²) in [6.07, 6.45) is 1.04. The van der Waals surface area contributed by atoms with Gasteiger partial charge in [0.15, 0.2) is 0 Å². The fourth-order valence-corrected chi connectivity index (χ4v) is 2.84. The third-order valence-electron chi connectivity index (χ3n) is 3.63. The first kappa shape index (κ1) is 13.3. The lowest BCUT2D eigenvalue weighted by Crippen LogP contribution is -2.18. The second kappa shape index (κ2) is 5.38. The van der Waals surface area contributed by atoms with Crippen LogP contribution >= 0.6 is 11.6 Å². The second-order valence-corrected chi connectivity index (χ2v) is 5.46. The van der Waals surface area contributed by atoms with Gasteiger partial charge in [-0.1, -0.05) is 30.3 Å². The van der Waals surface area contributed by atoms with E-state index in [9.17, 15) is 4.79 Å². The molecule has 3 rings (SSSR count). The summed E-state index contributed by atoms with van der Waals surface area (Å²) in [7, 11) is 2.05. The minimum atomic E-state index is -0.480. The molecule has 0 amide bonds. The number of hydrogen-bond donors (Lipinski definition) is 0. The Morgan fingerprint density at radius 3 is 2.70 bits per heavy atom. The highest BCUT2D eigenvalue weighted by molar-refractivity contribution is 6.67. The number of hydrogen-bond acceptors (Lipinski definition) is 3. The third kappa shape index (κ3) is 2.37. The van der Waals surface area contributed by atoms with Gasteiger partial charge in [0.05, 0.1) is 5.69 Å². The molecule has 0 aliphatic carbocycles. The molecule has 2 aromatic rings. The molecule has 5 heteroatoms. The smallest absolute Gasteiger partial charge is 0.272 e. The molecule has 0 saturated carbocycles. The number of fused-ring (bicyclic) bond motifs is 1. The Kier molecular flexibility index (Phi) is 3.59. The first-order valence-electron chi connectivity index (χ1n) is 6.70. The van der Waals surface area contributed by atoms with Crippen molar-refractivity contribution in [3.8, 4) is 11.4 Å². The lowest BCUT2D eigenvalue weighted by Gasteiger charge is -2.12. The Labute approximate surface area is 123 Å². The lowest BCUT2D eigenvalue weighted by molar-refractivity contribution is 0.107. The van der Waals surface area contributed by atoms with Gasteiger partial charge in [-0.2, -0.15) is 0 Å². The SMILES string of the molecule is CN1CCCn2c(-c3ccccc3)nc(C(=O)Cl)c2C1.